The minimum Gasteiger partial charge on any atom is -0.347 e. The van der Waals surface area contributed by atoms with Crippen molar-refractivity contribution < 1.29 is 8.78 Å². The molecule has 1 atom stereocenters. The Balaban J connectivity index is 1.51. The number of nitrogens with zero attached hydrogens (tertiary/aromatic N) is 4. The van der Waals surface area contributed by atoms with Gasteiger partial charge in [0.2, 0.25) is 11.9 Å². The van der Waals surface area contributed by atoms with Crippen molar-refractivity contribution in [1.82, 2.24) is 25.1 Å². The van der Waals surface area contributed by atoms with Crippen LogP contribution in [0.15, 0.2) is 24.3 Å². The number of nitrogens with one attached hydrogen (secondary N) is 3. The van der Waals surface area contributed by atoms with Gasteiger partial charge in [-0.05, 0) is 44.9 Å². The van der Waals surface area contributed by atoms with Gasteiger partial charge in [-0.3, -0.25) is 5.10 Å². The largest absolute Gasteiger partial charge is 0.347 e. The summed E-state index contributed by atoms with van der Waals surface area (Å²) in [5.41, 5.74) is 1.29. The van der Waals surface area contributed by atoms with Crippen molar-refractivity contribution in [2.24, 2.45) is 0 Å². The predicted molar refractivity (Wildman–Crippen MR) is 96.8 cm³/mol. The Morgan fingerprint density at radius 1 is 1.11 bits per heavy atom. The van der Waals surface area contributed by atoms with Crippen LogP contribution in [0.3, 0.4) is 0 Å². The molecule has 1 aromatic carbocycles. The number of aryl methyl sites for hydroxylation is 1. The summed E-state index contributed by atoms with van der Waals surface area (Å²) < 4.78 is 27.4. The molecular formula is C18H19F2N7. The predicted octanol–water partition coefficient (Wildman–Crippen LogP) is 3.98. The van der Waals surface area contributed by atoms with Crippen LogP contribution in [-0.2, 0) is 0 Å². The first kappa shape index (κ1) is 17.3. The second kappa shape index (κ2) is 6.90. The van der Waals surface area contributed by atoms with Gasteiger partial charge in [0, 0.05) is 23.2 Å². The molecule has 0 amide bonds. The van der Waals surface area contributed by atoms with E-state index in [9.17, 15) is 8.78 Å². The standard InChI is InChI=1S/C18H19F2N7/c1-9(13-7-12(19)5-6-14(13)20)21-17-22-10(2)23-18(25-17)24-16-8-15(26-27-16)11-3-4-11/h5-9,11H,3-4H2,1-2H3,(H3,21,22,23,24,25,26,27). The van der Waals surface area contributed by atoms with Crippen LogP contribution in [0.1, 0.15) is 48.8 Å². The van der Waals surface area contributed by atoms with Crippen LogP contribution in [0.5, 0.6) is 0 Å². The minimum absolute atomic E-state index is 0.198. The molecule has 1 unspecified atom stereocenters. The number of aromatic nitrogens is 5. The third-order valence-electron chi connectivity index (χ3n) is 4.37. The fraction of sp³-hybridized carbons (Fsp3) is 0.333. The highest BCUT2D eigenvalue weighted by molar-refractivity contribution is 5.50. The van der Waals surface area contributed by atoms with Crippen LogP contribution < -0.4 is 10.6 Å². The lowest BCUT2D eigenvalue weighted by Crippen LogP contribution is -2.13. The third-order valence-corrected chi connectivity index (χ3v) is 4.37. The van der Waals surface area contributed by atoms with Crippen LogP contribution >= 0.6 is 0 Å². The van der Waals surface area contributed by atoms with Crippen molar-refractivity contribution in [3.63, 3.8) is 0 Å². The summed E-state index contributed by atoms with van der Waals surface area (Å²) >= 11 is 0. The molecule has 0 bridgehead atoms. The zero-order chi connectivity index (χ0) is 19.0. The van der Waals surface area contributed by atoms with E-state index in [1.54, 1.807) is 13.8 Å². The number of halogens is 2. The van der Waals surface area contributed by atoms with E-state index in [4.69, 9.17) is 0 Å². The van der Waals surface area contributed by atoms with Crippen molar-refractivity contribution >= 4 is 17.7 Å². The Labute approximate surface area is 154 Å². The molecule has 1 aliphatic rings. The van der Waals surface area contributed by atoms with E-state index in [1.165, 1.54) is 12.8 Å². The number of aromatic amines is 1. The molecular weight excluding hydrogens is 352 g/mol. The zero-order valence-corrected chi connectivity index (χ0v) is 14.9. The van der Waals surface area contributed by atoms with Gasteiger partial charge in [-0.25, -0.2) is 8.78 Å². The normalized spacial score (nSPS) is 14.8. The van der Waals surface area contributed by atoms with Gasteiger partial charge in [0.15, 0.2) is 5.82 Å². The van der Waals surface area contributed by atoms with Crippen molar-refractivity contribution in [3.8, 4) is 0 Å². The molecule has 1 saturated carbocycles. The van der Waals surface area contributed by atoms with Crippen molar-refractivity contribution in [3.05, 3.63) is 53.0 Å². The molecule has 0 radical (unpaired) electrons. The van der Waals surface area contributed by atoms with Crippen LogP contribution in [-0.4, -0.2) is 25.1 Å². The monoisotopic (exact) mass is 371 g/mol. The summed E-state index contributed by atoms with van der Waals surface area (Å²) in [6.07, 6.45) is 2.35. The lowest BCUT2D eigenvalue weighted by Gasteiger charge is -2.15. The maximum Gasteiger partial charge on any atom is 0.233 e. The second-order valence-corrected chi connectivity index (χ2v) is 6.67. The fourth-order valence-electron chi connectivity index (χ4n) is 2.84. The summed E-state index contributed by atoms with van der Waals surface area (Å²) in [6, 6.07) is 4.75. The number of benzene rings is 1. The molecule has 1 fully saturated rings. The lowest BCUT2D eigenvalue weighted by molar-refractivity contribution is 0.576. The van der Waals surface area contributed by atoms with Gasteiger partial charge >= 0.3 is 0 Å². The second-order valence-electron chi connectivity index (χ2n) is 6.67. The molecule has 0 spiro atoms. The smallest absolute Gasteiger partial charge is 0.233 e. The topological polar surface area (TPSA) is 91.4 Å². The number of anilines is 3. The molecule has 2 heterocycles. The first-order chi connectivity index (χ1) is 13.0. The zero-order valence-electron chi connectivity index (χ0n) is 14.9. The highest BCUT2D eigenvalue weighted by atomic mass is 19.1. The van der Waals surface area contributed by atoms with Crippen LogP contribution in [0.25, 0.3) is 0 Å². The molecule has 7 nitrogen and oxygen atoms in total. The molecule has 0 aliphatic heterocycles. The molecule has 2 aromatic heterocycles. The minimum atomic E-state index is -0.526. The first-order valence-corrected chi connectivity index (χ1v) is 8.74. The van der Waals surface area contributed by atoms with Crippen molar-refractivity contribution in [2.75, 3.05) is 10.6 Å². The molecule has 3 aromatic rings. The molecule has 1 aliphatic carbocycles. The van der Waals surface area contributed by atoms with E-state index in [0.717, 1.165) is 23.9 Å². The van der Waals surface area contributed by atoms with Gasteiger partial charge in [-0.1, -0.05) is 0 Å². The van der Waals surface area contributed by atoms with E-state index in [-0.39, 0.29) is 11.5 Å². The highest BCUT2D eigenvalue weighted by Gasteiger charge is 2.25. The summed E-state index contributed by atoms with van der Waals surface area (Å²) in [5.74, 6) is 1.26. The molecule has 27 heavy (non-hydrogen) atoms. The summed E-state index contributed by atoms with van der Waals surface area (Å²) in [6.45, 7) is 3.44. The molecule has 3 N–H and O–H groups in total. The average Bonchev–Trinajstić information content (AvgIpc) is 3.36. The van der Waals surface area contributed by atoms with Gasteiger partial charge in [0.05, 0.1) is 6.04 Å². The highest BCUT2D eigenvalue weighted by Crippen LogP contribution is 2.39. The SMILES string of the molecule is Cc1nc(Nc2cc(C3CC3)[nH]n2)nc(NC(C)c2cc(F)ccc2F)n1. The van der Waals surface area contributed by atoms with Crippen LogP contribution in [0, 0.1) is 18.6 Å². The van der Waals surface area contributed by atoms with Gasteiger partial charge in [-0.2, -0.15) is 20.1 Å². The van der Waals surface area contributed by atoms with Gasteiger partial charge in [0.25, 0.3) is 0 Å². The van der Waals surface area contributed by atoms with Crippen LogP contribution in [0.4, 0.5) is 26.5 Å². The average molecular weight is 371 g/mol. The van der Waals surface area contributed by atoms with Gasteiger partial charge < -0.3 is 10.6 Å². The Morgan fingerprint density at radius 2 is 1.89 bits per heavy atom. The fourth-order valence-corrected chi connectivity index (χ4v) is 2.84. The van der Waals surface area contributed by atoms with E-state index in [2.05, 4.69) is 35.8 Å². The molecule has 4 rings (SSSR count). The Morgan fingerprint density at radius 3 is 2.67 bits per heavy atom. The summed E-state index contributed by atoms with van der Waals surface area (Å²) in [7, 11) is 0. The summed E-state index contributed by atoms with van der Waals surface area (Å²) in [5, 5.41) is 13.3. The van der Waals surface area contributed by atoms with E-state index < -0.39 is 17.7 Å². The molecule has 0 saturated heterocycles. The number of hydrogen-bond donors (Lipinski definition) is 3. The Kier molecular flexibility index (Phi) is 4.43. The number of hydrogen-bond acceptors (Lipinski definition) is 6. The maximum absolute atomic E-state index is 14.0. The molecule has 9 heteroatoms. The van der Waals surface area contributed by atoms with Crippen LogP contribution in [0.2, 0.25) is 0 Å². The van der Waals surface area contributed by atoms with E-state index in [1.807, 2.05) is 6.07 Å². The summed E-state index contributed by atoms with van der Waals surface area (Å²) in [4.78, 5) is 12.8. The maximum atomic E-state index is 14.0. The first-order valence-electron chi connectivity index (χ1n) is 8.74. The van der Waals surface area contributed by atoms with Gasteiger partial charge in [-0.15, -0.1) is 0 Å². The van der Waals surface area contributed by atoms with Crippen molar-refractivity contribution in [2.45, 2.75) is 38.6 Å². The number of rotatable bonds is 6. The number of H-pyrrole nitrogens is 1. The lowest BCUT2D eigenvalue weighted by atomic mass is 10.1. The van der Waals surface area contributed by atoms with Gasteiger partial charge in [0.1, 0.15) is 17.5 Å². The Bertz CT molecular complexity index is 968. The van der Waals surface area contributed by atoms with Crippen molar-refractivity contribution in [1.29, 1.82) is 0 Å². The molecule has 140 valence electrons. The Hall–Kier alpha value is -3.10. The van der Waals surface area contributed by atoms with E-state index in [0.29, 0.717) is 23.5 Å². The van der Waals surface area contributed by atoms with E-state index >= 15 is 0 Å². The third kappa shape index (κ3) is 4.02. The quantitative estimate of drug-likeness (QED) is 0.607.